The van der Waals surface area contributed by atoms with Crippen LogP contribution in [0.15, 0.2) is 84.0 Å². The first-order chi connectivity index (χ1) is 19.9. The molecule has 2 amide bonds. The van der Waals surface area contributed by atoms with Gasteiger partial charge in [-0.25, -0.2) is 4.79 Å². The molecule has 0 spiro atoms. The third kappa shape index (κ3) is 11.0. The minimum atomic E-state index is -3.18. The van der Waals surface area contributed by atoms with Crippen LogP contribution in [0.5, 0.6) is 0 Å². The summed E-state index contributed by atoms with van der Waals surface area (Å²) in [6.45, 7) is 17.2. The van der Waals surface area contributed by atoms with Gasteiger partial charge in [-0.3, -0.25) is 4.79 Å². The molecule has 236 valence electrons. The van der Waals surface area contributed by atoms with Crippen LogP contribution in [-0.4, -0.2) is 36.8 Å². The molecule has 0 aliphatic rings. The summed E-state index contributed by atoms with van der Waals surface area (Å²) in [5, 5.41) is 7.81. The summed E-state index contributed by atoms with van der Waals surface area (Å²) in [5.41, 5.74) is -1.20. The number of carbonyl (C=O) groups is 2. The Morgan fingerprint density at radius 2 is 1.42 bits per heavy atom. The van der Waals surface area contributed by atoms with E-state index in [1.165, 1.54) is 0 Å². The van der Waals surface area contributed by atoms with Gasteiger partial charge >= 0.3 is 6.09 Å². The number of hydrogen-bond acceptors (Lipinski definition) is 4. The third-order valence-electron chi connectivity index (χ3n) is 7.50. The van der Waals surface area contributed by atoms with Crippen molar-refractivity contribution in [2.75, 3.05) is 0 Å². The van der Waals surface area contributed by atoms with E-state index in [9.17, 15) is 14.4 Å². The van der Waals surface area contributed by atoms with Crippen molar-refractivity contribution in [1.29, 1.82) is 0 Å². The second-order valence-electron chi connectivity index (χ2n) is 14.0. The van der Waals surface area contributed by atoms with Crippen LogP contribution in [0, 0.1) is 11.3 Å². The summed E-state index contributed by atoms with van der Waals surface area (Å²) in [7, 11) is -3.18. The van der Waals surface area contributed by atoms with Crippen LogP contribution in [-0.2, 0) is 9.53 Å². The van der Waals surface area contributed by atoms with Crippen molar-refractivity contribution in [2.45, 2.75) is 98.3 Å². The maximum Gasteiger partial charge on any atom is 0.408 e. The number of hydrogen-bond donors (Lipinski definition) is 3. The number of nitrogens with one attached hydrogen (secondary N) is 2. The number of alkyl carbamates (subject to hydrolysis) is 1. The van der Waals surface area contributed by atoms with Crippen molar-refractivity contribution in [2.24, 2.45) is 11.3 Å². The number of halogens is 1. The van der Waals surface area contributed by atoms with Gasteiger partial charge in [-0.15, -0.1) is 0 Å². The molecule has 0 bridgehead atoms. The van der Waals surface area contributed by atoms with E-state index in [0.29, 0.717) is 6.42 Å². The van der Waals surface area contributed by atoms with E-state index < -0.39 is 36.5 Å². The van der Waals surface area contributed by atoms with Crippen molar-refractivity contribution in [3.05, 3.63) is 84.0 Å². The Kier molecular flexibility index (Phi) is 12.9. The highest BCUT2D eigenvalue weighted by molar-refractivity contribution is 6.98. The fourth-order valence-electron chi connectivity index (χ4n) is 5.35. The first-order valence-electron chi connectivity index (χ1n) is 15.0. The lowest BCUT2D eigenvalue weighted by Gasteiger charge is -2.43. The Morgan fingerprint density at radius 3 is 1.86 bits per heavy atom. The highest BCUT2D eigenvalue weighted by Crippen LogP contribution is 2.43. The Balaban J connectivity index is 2.26. The van der Waals surface area contributed by atoms with E-state index >= 15 is 0 Å². The Hall–Kier alpha value is -2.87. The van der Waals surface area contributed by atoms with E-state index in [0.717, 1.165) is 28.2 Å². The largest absolute Gasteiger partial charge is 0.444 e. The first kappa shape index (κ1) is 36.3. The van der Waals surface area contributed by atoms with Crippen molar-refractivity contribution < 1.29 is 19.1 Å². The van der Waals surface area contributed by atoms with Gasteiger partial charge in [0.1, 0.15) is 11.6 Å². The van der Waals surface area contributed by atoms with Crippen LogP contribution in [0.25, 0.3) is 0 Å². The van der Waals surface area contributed by atoms with E-state index in [1.54, 1.807) is 27.0 Å². The molecule has 0 aromatic heterocycles. The monoisotopic (exact) mass is 626 g/mol. The molecular weight excluding hydrogens is 576 g/mol. The molecule has 0 aliphatic carbocycles. The summed E-state index contributed by atoms with van der Waals surface area (Å²) in [5.74, 6) is -0.167. The zero-order valence-corrected chi connectivity index (χ0v) is 29.1. The standard InChI is InChI=1S/C35H51ClN2O4Si/c1-26(36)22-23-27(17-16-24-37-31(39)30(33(2,3)4)38-32(40)42-34(5,6)7)25-35(8,9)43(41,28-18-12-10-13-19-28)29-20-14-11-15-21-29/h10-16,18-22,24,27,30,41H,17,23,25H2,1-9H3,(H,37,39)(H,38,40)/b24-16-,26-22+/t27-,30-/m1/s1. The third-order valence-corrected chi connectivity index (χ3v) is 12.2. The average Bonchev–Trinajstić information content (AvgIpc) is 2.91. The van der Waals surface area contributed by atoms with Crippen LogP contribution in [0.1, 0.15) is 81.6 Å². The minimum absolute atomic E-state index is 0.154. The van der Waals surface area contributed by atoms with Crippen LogP contribution >= 0.6 is 11.6 Å². The molecule has 6 nitrogen and oxygen atoms in total. The van der Waals surface area contributed by atoms with Crippen LogP contribution in [0.2, 0.25) is 5.04 Å². The lowest BCUT2D eigenvalue weighted by atomic mass is 9.86. The van der Waals surface area contributed by atoms with Gasteiger partial charge in [0, 0.05) is 5.03 Å². The predicted molar refractivity (Wildman–Crippen MR) is 181 cm³/mol. The minimum Gasteiger partial charge on any atom is -0.444 e. The molecular formula is C35H51ClN2O4Si. The second-order valence-corrected chi connectivity index (χ2v) is 18.5. The normalized spacial score (nSPS) is 14.7. The van der Waals surface area contributed by atoms with Gasteiger partial charge in [0.05, 0.1) is 0 Å². The zero-order chi connectivity index (χ0) is 32.5. The summed E-state index contributed by atoms with van der Waals surface area (Å²) in [6, 6.07) is 19.2. The molecule has 43 heavy (non-hydrogen) atoms. The average molecular weight is 627 g/mol. The summed E-state index contributed by atoms with van der Waals surface area (Å²) < 4.78 is 5.37. The lowest BCUT2D eigenvalue weighted by molar-refractivity contribution is -0.124. The van der Waals surface area contributed by atoms with Gasteiger partial charge in [0.15, 0.2) is 0 Å². The Morgan fingerprint density at radius 1 is 0.907 bits per heavy atom. The number of benzene rings is 2. The molecule has 0 saturated carbocycles. The van der Waals surface area contributed by atoms with Crippen molar-refractivity contribution >= 4 is 42.3 Å². The molecule has 2 rings (SSSR count). The highest BCUT2D eigenvalue weighted by Gasteiger charge is 2.50. The Labute approximate surface area is 265 Å². The second kappa shape index (κ2) is 15.2. The Bertz CT molecular complexity index is 1200. The SMILES string of the molecule is C/C(Cl)=C\C[C@@H](C/C=C\NC(=O)[C@@H](NC(=O)OC(C)(C)C)C(C)(C)C)CC(C)(C)[Si](O)(c1ccccc1)c1ccccc1. The molecule has 0 aliphatic heterocycles. The molecule has 0 saturated heterocycles. The smallest absolute Gasteiger partial charge is 0.408 e. The molecule has 0 unspecified atom stereocenters. The van der Waals surface area contributed by atoms with Crippen LogP contribution in [0.4, 0.5) is 4.79 Å². The molecule has 0 radical (unpaired) electrons. The topological polar surface area (TPSA) is 87.7 Å². The van der Waals surface area contributed by atoms with E-state index in [1.807, 2.05) is 101 Å². The molecule has 2 aromatic rings. The molecule has 0 heterocycles. The van der Waals surface area contributed by atoms with Gasteiger partial charge < -0.3 is 20.2 Å². The van der Waals surface area contributed by atoms with Crippen molar-refractivity contribution in [1.82, 2.24) is 10.6 Å². The van der Waals surface area contributed by atoms with Crippen molar-refractivity contribution in [3.8, 4) is 0 Å². The molecule has 3 N–H and O–H groups in total. The van der Waals surface area contributed by atoms with Gasteiger partial charge in [-0.05, 0) is 79.9 Å². The molecule has 8 heteroatoms. The van der Waals surface area contributed by atoms with Gasteiger partial charge in [-0.1, -0.05) is 119 Å². The summed E-state index contributed by atoms with van der Waals surface area (Å²) in [6.07, 6.45) is 7.10. The number of carbonyl (C=O) groups excluding carboxylic acids is 2. The van der Waals surface area contributed by atoms with Crippen molar-refractivity contribution in [3.63, 3.8) is 0 Å². The fraction of sp³-hybridized carbons (Fsp3) is 0.486. The number of allylic oxidation sites excluding steroid dienone is 3. The predicted octanol–water partition coefficient (Wildman–Crippen LogP) is 7.02. The summed E-state index contributed by atoms with van der Waals surface area (Å²) >= 11 is 6.24. The maximum atomic E-state index is 13.1. The van der Waals surface area contributed by atoms with Gasteiger partial charge in [-0.2, -0.15) is 0 Å². The highest BCUT2D eigenvalue weighted by atomic mass is 35.5. The number of rotatable bonds is 12. The molecule has 2 aromatic carbocycles. The van der Waals surface area contributed by atoms with E-state index in [2.05, 4.69) is 24.5 Å². The number of amides is 2. The summed E-state index contributed by atoms with van der Waals surface area (Å²) in [4.78, 5) is 38.2. The number of ether oxygens (including phenoxy) is 1. The van der Waals surface area contributed by atoms with E-state index in [4.69, 9.17) is 16.3 Å². The molecule has 2 atom stereocenters. The zero-order valence-electron chi connectivity index (χ0n) is 27.3. The molecule has 0 fully saturated rings. The van der Waals surface area contributed by atoms with Crippen LogP contribution < -0.4 is 21.0 Å². The fourth-order valence-corrected chi connectivity index (χ4v) is 9.27. The first-order valence-corrected chi connectivity index (χ1v) is 17.3. The van der Waals surface area contributed by atoms with Crippen LogP contribution in [0.3, 0.4) is 0 Å². The lowest BCUT2D eigenvalue weighted by Crippen LogP contribution is -2.65. The maximum absolute atomic E-state index is 13.1. The van der Waals surface area contributed by atoms with Gasteiger partial charge in [0.25, 0.3) is 8.32 Å². The van der Waals surface area contributed by atoms with E-state index in [-0.39, 0.29) is 11.8 Å². The quantitative estimate of drug-likeness (QED) is 0.221. The van der Waals surface area contributed by atoms with Gasteiger partial charge in [0.2, 0.25) is 5.91 Å².